The zero-order valence-electron chi connectivity index (χ0n) is 11.4. The fraction of sp³-hybridized carbons (Fsp3) is 0.214. The first-order chi connectivity index (χ1) is 10.1. The number of benzene rings is 1. The highest BCUT2D eigenvalue weighted by atomic mass is 16.6. The summed E-state index contributed by atoms with van der Waals surface area (Å²) in [6.07, 6.45) is 1.21. The van der Waals surface area contributed by atoms with Crippen molar-refractivity contribution in [2.75, 3.05) is 13.7 Å². The van der Waals surface area contributed by atoms with Crippen LogP contribution in [0, 0.1) is 10.1 Å². The lowest BCUT2D eigenvalue weighted by Gasteiger charge is -2.08. The number of methoxy groups -OCH3 is 1. The molecule has 7 nitrogen and oxygen atoms in total. The number of aromatic nitrogens is 1. The Kier molecular flexibility index (Phi) is 4.55. The van der Waals surface area contributed by atoms with Crippen LogP contribution >= 0.6 is 0 Å². The van der Waals surface area contributed by atoms with E-state index in [1.807, 2.05) is 0 Å². The van der Waals surface area contributed by atoms with Crippen LogP contribution in [0.4, 0.5) is 5.69 Å². The molecule has 0 bridgehead atoms. The summed E-state index contributed by atoms with van der Waals surface area (Å²) in [5.74, 6) is 1.35. The van der Waals surface area contributed by atoms with Gasteiger partial charge in [0, 0.05) is 12.1 Å². The molecule has 2 aromatic rings. The van der Waals surface area contributed by atoms with Crippen molar-refractivity contribution in [1.82, 2.24) is 4.57 Å². The van der Waals surface area contributed by atoms with Gasteiger partial charge < -0.3 is 14.0 Å². The summed E-state index contributed by atoms with van der Waals surface area (Å²) in [5, 5.41) is 10.7. The van der Waals surface area contributed by atoms with Crippen LogP contribution in [0.5, 0.6) is 11.5 Å². The van der Waals surface area contributed by atoms with E-state index in [9.17, 15) is 14.9 Å². The fourth-order valence-electron chi connectivity index (χ4n) is 1.74. The molecule has 0 saturated heterocycles. The molecular weight excluding hydrogens is 276 g/mol. The Labute approximate surface area is 120 Å². The highest BCUT2D eigenvalue weighted by molar-refractivity contribution is 5.31. The van der Waals surface area contributed by atoms with Gasteiger partial charge in [-0.25, -0.2) is 0 Å². The molecule has 0 fully saturated rings. The van der Waals surface area contributed by atoms with Crippen LogP contribution in [0.15, 0.2) is 47.4 Å². The third-order valence-electron chi connectivity index (χ3n) is 2.84. The van der Waals surface area contributed by atoms with Crippen LogP contribution in [0.2, 0.25) is 0 Å². The first-order valence-electron chi connectivity index (χ1n) is 6.22. The largest absolute Gasteiger partial charge is 0.497 e. The molecule has 2 rings (SSSR count). The number of ether oxygens (including phenoxy) is 2. The second-order valence-electron chi connectivity index (χ2n) is 4.20. The first kappa shape index (κ1) is 14.6. The molecule has 1 aromatic carbocycles. The van der Waals surface area contributed by atoms with Crippen LogP contribution in [0.25, 0.3) is 0 Å². The first-order valence-corrected chi connectivity index (χ1v) is 6.22. The van der Waals surface area contributed by atoms with Crippen LogP contribution < -0.4 is 15.0 Å². The lowest BCUT2D eigenvalue weighted by atomic mass is 10.3. The minimum atomic E-state index is -0.541. The van der Waals surface area contributed by atoms with E-state index < -0.39 is 4.92 Å². The van der Waals surface area contributed by atoms with E-state index in [0.717, 1.165) is 5.75 Å². The molecule has 1 heterocycles. The number of rotatable bonds is 6. The number of nitrogens with zero attached hydrogens (tertiary/aromatic N) is 2. The molecule has 0 amide bonds. The van der Waals surface area contributed by atoms with Crippen LogP contribution in [-0.4, -0.2) is 23.2 Å². The lowest BCUT2D eigenvalue weighted by molar-refractivity contribution is -0.385. The summed E-state index contributed by atoms with van der Waals surface area (Å²) in [6, 6.07) is 9.36. The van der Waals surface area contributed by atoms with Crippen molar-refractivity contribution in [2.24, 2.45) is 0 Å². The minimum Gasteiger partial charge on any atom is -0.497 e. The van der Waals surface area contributed by atoms with Gasteiger partial charge in [0.05, 0.1) is 24.8 Å². The third kappa shape index (κ3) is 3.82. The van der Waals surface area contributed by atoms with Crippen molar-refractivity contribution >= 4 is 5.69 Å². The second-order valence-corrected chi connectivity index (χ2v) is 4.20. The van der Waals surface area contributed by atoms with Gasteiger partial charge in [-0.2, -0.15) is 0 Å². The minimum absolute atomic E-state index is 0.126. The standard InChI is InChI=1S/C14H14N2O5/c1-20-12-3-5-13(6-4-12)21-9-8-15-10-11(16(18)19)2-7-14(15)17/h2-7,10H,8-9H2,1H3. The molecule has 0 atom stereocenters. The Morgan fingerprint density at radius 2 is 1.81 bits per heavy atom. The number of hydrogen-bond acceptors (Lipinski definition) is 5. The summed E-state index contributed by atoms with van der Waals surface area (Å²) in [4.78, 5) is 21.7. The van der Waals surface area contributed by atoms with Gasteiger partial charge in [0.1, 0.15) is 18.1 Å². The van der Waals surface area contributed by atoms with Gasteiger partial charge >= 0.3 is 0 Å². The maximum absolute atomic E-state index is 11.6. The summed E-state index contributed by atoms with van der Waals surface area (Å²) in [5.41, 5.74) is -0.432. The normalized spacial score (nSPS) is 10.1. The Hall–Kier alpha value is -2.83. The molecule has 21 heavy (non-hydrogen) atoms. The molecule has 0 N–H and O–H groups in total. The molecule has 110 valence electrons. The van der Waals surface area contributed by atoms with Crippen LogP contribution in [0.1, 0.15) is 0 Å². The van der Waals surface area contributed by atoms with Crippen molar-refractivity contribution in [1.29, 1.82) is 0 Å². The van der Waals surface area contributed by atoms with Crippen molar-refractivity contribution in [3.8, 4) is 11.5 Å². The molecule has 1 aromatic heterocycles. The molecule has 7 heteroatoms. The second kappa shape index (κ2) is 6.56. The summed E-state index contributed by atoms with van der Waals surface area (Å²) in [7, 11) is 1.57. The van der Waals surface area contributed by atoms with Crippen LogP contribution in [-0.2, 0) is 6.54 Å². The highest BCUT2D eigenvalue weighted by Gasteiger charge is 2.07. The number of hydrogen-bond donors (Lipinski definition) is 0. The molecule has 0 aliphatic carbocycles. The number of pyridine rings is 1. The zero-order valence-corrected chi connectivity index (χ0v) is 11.4. The van der Waals surface area contributed by atoms with Crippen molar-refractivity contribution in [3.05, 3.63) is 63.1 Å². The zero-order chi connectivity index (χ0) is 15.2. The molecule has 0 saturated carbocycles. The average molecular weight is 290 g/mol. The Morgan fingerprint density at radius 1 is 1.14 bits per heavy atom. The SMILES string of the molecule is COc1ccc(OCCn2cc([N+](=O)[O-])ccc2=O)cc1. The predicted molar refractivity (Wildman–Crippen MR) is 75.8 cm³/mol. The van der Waals surface area contributed by atoms with Gasteiger partial charge in [-0.3, -0.25) is 14.9 Å². The molecule has 0 spiro atoms. The fourth-order valence-corrected chi connectivity index (χ4v) is 1.74. The Balaban J connectivity index is 1.98. The third-order valence-corrected chi connectivity index (χ3v) is 2.84. The van der Waals surface area contributed by atoms with Crippen LogP contribution in [0.3, 0.4) is 0 Å². The van der Waals surface area contributed by atoms with E-state index in [-0.39, 0.29) is 24.4 Å². The van der Waals surface area contributed by atoms with E-state index in [4.69, 9.17) is 9.47 Å². The van der Waals surface area contributed by atoms with E-state index in [0.29, 0.717) is 5.75 Å². The predicted octanol–water partition coefficient (Wildman–Crippen LogP) is 1.84. The molecule has 0 aliphatic rings. The smallest absolute Gasteiger partial charge is 0.285 e. The lowest BCUT2D eigenvalue weighted by Crippen LogP contribution is -2.22. The van der Waals surface area contributed by atoms with Crippen molar-refractivity contribution in [2.45, 2.75) is 6.54 Å². The van der Waals surface area contributed by atoms with E-state index in [1.54, 1.807) is 31.4 Å². The molecular formula is C14H14N2O5. The number of nitro groups is 1. The quantitative estimate of drug-likeness (QED) is 0.598. The molecule has 0 radical (unpaired) electrons. The monoisotopic (exact) mass is 290 g/mol. The van der Waals surface area contributed by atoms with E-state index >= 15 is 0 Å². The van der Waals surface area contributed by atoms with Gasteiger partial charge in [-0.15, -0.1) is 0 Å². The van der Waals surface area contributed by atoms with Crippen molar-refractivity contribution < 1.29 is 14.4 Å². The van der Waals surface area contributed by atoms with Gasteiger partial charge in [-0.05, 0) is 24.3 Å². The summed E-state index contributed by atoms with van der Waals surface area (Å²) in [6.45, 7) is 0.458. The highest BCUT2D eigenvalue weighted by Crippen LogP contribution is 2.16. The van der Waals surface area contributed by atoms with Gasteiger partial charge in [-0.1, -0.05) is 0 Å². The average Bonchev–Trinajstić information content (AvgIpc) is 2.49. The van der Waals surface area contributed by atoms with E-state index in [2.05, 4.69) is 0 Å². The van der Waals surface area contributed by atoms with Gasteiger partial charge in [0.25, 0.3) is 11.2 Å². The summed E-state index contributed by atoms with van der Waals surface area (Å²) >= 11 is 0. The van der Waals surface area contributed by atoms with Crippen molar-refractivity contribution in [3.63, 3.8) is 0 Å². The Morgan fingerprint density at radius 3 is 2.43 bits per heavy atom. The Bertz CT molecular complexity index is 679. The maximum Gasteiger partial charge on any atom is 0.285 e. The maximum atomic E-state index is 11.6. The summed E-state index contributed by atoms with van der Waals surface area (Å²) < 4.78 is 11.8. The topological polar surface area (TPSA) is 83.6 Å². The molecule has 0 aliphatic heterocycles. The van der Waals surface area contributed by atoms with E-state index in [1.165, 1.54) is 22.9 Å². The van der Waals surface area contributed by atoms with Gasteiger partial charge in [0.2, 0.25) is 0 Å². The molecule has 0 unspecified atom stereocenters. The van der Waals surface area contributed by atoms with Gasteiger partial charge in [0.15, 0.2) is 0 Å².